The van der Waals surface area contributed by atoms with Crippen LogP contribution in [0.4, 0.5) is 0 Å². The monoisotopic (exact) mass is 399 g/mol. The van der Waals surface area contributed by atoms with Crippen molar-refractivity contribution in [3.8, 4) is 0 Å². The number of carbonyl (C=O) groups is 1. The largest absolute Gasteiger partial charge is 0.342 e. The van der Waals surface area contributed by atoms with Crippen molar-refractivity contribution in [3.05, 3.63) is 17.0 Å². The molecule has 0 saturated carbocycles. The van der Waals surface area contributed by atoms with Crippen LogP contribution in [-0.2, 0) is 21.2 Å². The number of amides is 1. The maximum absolute atomic E-state index is 12.7. The van der Waals surface area contributed by atoms with E-state index in [1.807, 2.05) is 4.90 Å². The van der Waals surface area contributed by atoms with Gasteiger partial charge in [0, 0.05) is 37.1 Å². The van der Waals surface area contributed by atoms with Gasteiger partial charge in [-0.05, 0) is 36.8 Å². The predicted octanol–water partition coefficient (Wildman–Crippen LogP) is 2.05. The van der Waals surface area contributed by atoms with Gasteiger partial charge in [-0.2, -0.15) is 4.31 Å². The van der Waals surface area contributed by atoms with E-state index in [9.17, 15) is 13.2 Å². The highest BCUT2D eigenvalue weighted by atomic mass is 32.2. The zero-order valence-electron chi connectivity index (χ0n) is 15.6. The summed E-state index contributed by atoms with van der Waals surface area (Å²) in [5.41, 5.74) is 6.05. The number of carbonyl (C=O) groups excluding carboxylic acids is 1. The number of nitrogens with zero attached hydrogens (tertiary/aromatic N) is 2. The molecule has 6 nitrogen and oxygen atoms in total. The predicted molar refractivity (Wildman–Crippen MR) is 104 cm³/mol. The third kappa shape index (κ3) is 4.13. The molecule has 2 aliphatic heterocycles. The van der Waals surface area contributed by atoms with Crippen molar-refractivity contribution in [2.24, 2.45) is 11.1 Å². The van der Waals surface area contributed by atoms with Gasteiger partial charge in [0.2, 0.25) is 5.91 Å². The van der Waals surface area contributed by atoms with Gasteiger partial charge in [0.15, 0.2) is 0 Å². The molecule has 2 saturated heterocycles. The van der Waals surface area contributed by atoms with Crippen LogP contribution in [-0.4, -0.2) is 55.8 Å². The van der Waals surface area contributed by atoms with Gasteiger partial charge in [-0.15, -0.1) is 11.3 Å². The molecule has 1 aromatic rings. The van der Waals surface area contributed by atoms with Crippen LogP contribution in [0, 0.1) is 5.41 Å². The third-order valence-corrected chi connectivity index (χ3v) is 8.99. The number of hydrogen-bond donors (Lipinski definition) is 1. The molecule has 0 aromatic carbocycles. The smallest absolute Gasteiger partial charge is 0.252 e. The van der Waals surface area contributed by atoms with E-state index in [0.29, 0.717) is 30.4 Å². The Balaban J connectivity index is 1.66. The minimum Gasteiger partial charge on any atom is -0.342 e. The number of rotatable bonds is 4. The molecular formula is C18H29N3O3S2. The molecule has 8 heteroatoms. The van der Waals surface area contributed by atoms with Crippen LogP contribution in [0.25, 0.3) is 0 Å². The molecule has 2 N–H and O–H groups in total. The van der Waals surface area contributed by atoms with Gasteiger partial charge < -0.3 is 10.6 Å². The Morgan fingerprint density at radius 1 is 1.23 bits per heavy atom. The van der Waals surface area contributed by atoms with E-state index in [4.69, 9.17) is 5.73 Å². The SMILES string of the molecule is CC1(C)CN(C(=O)Cc2ccc(S(=O)(=O)N3CCCCC3)s2)CCC1N. The molecule has 0 bridgehead atoms. The second-order valence-corrected chi connectivity index (χ2v) is 11.4. The van der Waals surface area contributed by atoms with Crippen LogP contribution in [0.15, 0.2) is 16.3 Å². The minimum absolute atomic E-state index is 0.0498. The lowest BCUT2D eigenvalue weighted by atomic mass is 9.79. The van der Waals surface area contributed by atoms with Crippen LogP contribution in [0.2, 0.25) is 0 Å². The van der Waals surface area contributed by atoms with E-state index in [-0.39, 0.29) is 23.8 Å². The van der Waals surface area contributed by atoms with Crippen LogP contribution in [0.1, 0.15) is 44.4 Å². The van der Waals surface area contributed by atoms with E-state index >= 15 is 0 Å². The first-order valence-electron chi connectivity index (χ1n) is 9.32. The van der Waals surface area contributed by atoms with Gasteiger partial charge in [0.05, 0.1) is 6.42 Å². The van der Waals surface area contributed by atoms with E-state index in [1.165, 1.54) is 11.3 Å². The molecule has 1 unspecified atom stereocenters. The Morgan fingerprint density at radius 3 is 2.58 bits per heavy atom. The van der Waals surface area contributed by atoms with Gasteiger partial charge >= 0.3 is 0 Å². The highest BCUT2D eigenvalue weighted by Gasteiger charge is 2.35. The number of sulfonamides is 1. The minimum atomic E-state index is -3.42. The molecule has 1 amide bonds. The highest BCUT2D eigenvalue weighted by molar-refractivity contribution is 7.91. The van der Waals surface area contributed by atoms with Gasteiger partial charge in [-0.25, -0.2) is 8.42 Å². The molecule has 2 aliphatic rings. The molecule has 1 atom stereocenters. The van der Waals surface area contributed by atoms with E-state index in [2.05, 4.69) is 13.8 Å². The fourth-order valence-corrected chi connectivity index (χ4v) is 6.69. The molecule has 26 heavy (non-hydrogen) atoms. The summed E-state index contributed by atoms with van der Waals surface area (Å²) in [4.78, 5) is 15.3. The zero-order chi connectivity index (χ0) is 18.9. The fourth-order valence-electron chi connectivity index (χ4n) is 3.67. The summed E-state index contributed by atoms with van der Waals surface area (Å²) in [5, 5.41) is 0. The number of nitrogens with two attached hydrogens (primary N) is 1. The quantitative estimate of drug-likeness (QED) is 0.840. The van der Waals surface area contributed by atoms with Crippen molar-refractivity contribution < 1.29 is 13.2 Å². The first kappa shape index (κ1) is 19.8. The summed E-state index contributed by atoms with van der Waals surface area (Å²) in [6, 6.07) is 3.53. The average Bonchev–Trinajstić information content (AvgIpc) is 3.07. The molecule has 3 rings (SSSR count). The Morgan fingerprint density at radius 2 is 1.92 bits per heavy atom. The Kier molecular flexibility index (Phi) is 5.77. The van der Waals surface area contributed by atoms with Crippen LogP contribution < -0.4 is 5.73 Å². The van der Waals surface area contributed by atoms with Crippen molar-refractivity contribution >= 4 is 27.3 Å². The van der Waals surface area contributed by atoms with E-state index in [0.717, 1.165) is 30.6 Å². The number of likely N-dealkylation sites (tertiary alicyclic amines) is 1. The summed E-state index contributed by atoms with van der Waals surface area (Å²) in [7, 11) is -3.42. The summed E-state index contributed by atoms with van der Waals surface area (Å²) in [5.74, 6) is 0.0498. The lowest BCUT2D eigenvalue weighted by Crippen LogP contribution is -2.54. The Labute approximate surface area is 160 Å². The zero-order valence-corrected chi connectivity index (χ0v) is 17.2. The molecule has 0 aliphatic carbocycles. The Bertz CT molecular complexity index is 751. The van der Waals surface area contributed by atoms with Gasteiger partial charge in [-0.1, -0.05) is 20.3 Å². The lowest BCUT2D eigenvalue weighted by Gasteiger charge is -2.42. The first-order valence-corrected chi connectivity index (χ1v) is 11.6. The van der Waals surface area contributed by atoms with Crippen molar-refractivity contribution in [3.63, 3.8) is 0 Å². The molecular weight excluding hydrogens is 370 g/mol. The van der Waals surface area contributed by atoms with Crippen LogP contribution in [0.5, 0.6) is 0 Å². The van der Waals surface area contributed by atoms with Crippen molar-refractivity contribution in [2.75, 3.05) is 26.2 Å². The molecule has 1 aromatic heterocycles. The van der Waals surface area contributed by atoms with Gasteiger partial charge in [0.25, 0.3) is 10.0 Å². The highest BCUT2D eigenvalue weighted by Crippen LogP contribution is 2.30. The Hall–Kier alpha value is -0.960. The van der Waals surface area contributed by atoms with Crippen molar-refractivity contribution in [2.45, 2.75) is 56.2 Å². The first-order chi connectivity index (χ1) is 12.2. The maximum atomic E-state index is 12.7. The number of hydrogen-bond acceptors (Lipinski definition) is 5. The normalized spacial score (nSPS) is 24.6. The lowest BCUT2D eigenvalue weighted by molar-refractivity contribution is -0.133. The number of thiophene rings is 1. The maximum Gasteiger partial charge on any atom is 0.252 e. The van der Waals surface area contributed by atoms with Crippen molar-refractivity contribution in [1.29, 1.82) is 0 Å². The molecule has 0 radical (unpaired) electrons. The molecule has 0 spiro atoms. The third-order valence-electron chi connectivity index (χ3n) is 5.54. The molecule has 2 fully saturated rings. The summed E-state index contributed by atoms with van der Waals surface area (Å²) >= 11 is 1.22. The van der Waals surface area contributed by atoms with Crippen molar-refractivity contribution in [1.82, 2.24) is 9.21 Å². The summed E-state index contributed by atoms with van der Waals surface area (Å²) < 4.78 is 27.4. The second kappa shape index (κ2) is 7.58. The summed E-state index contributed by atoms with van der Waals surface area (Å²) in [6.45, 7) is 6.69. The van der Waals surface area contributed by atoms with Gasteiger partial charge in [0.1, 0.15) is 4.21 Å². The van der Waals surface area contributed by atoms with E-state index < -0.39 is 10.0 Å². The standard InChI is InChI=1S/C18H29N3O3S2/c1-18(2)13-20(11-8-15(18)19)16(22)12-14-6-7-17(25-14)26(23,24)21-9-4-3-5-10-21/h6-7,15H,3-5,8-13,19H2,1-2H3. The average molecular weight is 400 g/mol. The van der Waals surface area contributed by atoms with Gasteiger partial charge in [-0.3, -0.25) is 4.79 Å². The molecule has 3 heterocycles. The van der Waals surface area contributed by atoms with Crippen LogP contribution >= 0.6 is 11.3 Å². The summed E-state index contributed by atoms with van der Waals surface area (Å²) in [6.07, 6.45) is 3.99. The molecule has 146 valence electrons. The second-order valence-electron chi connectivity index (χ2n) is 8.06. The van der Waals surface area contributed by atoms with Crippen LogP contribution in [0.3, 0.4) is 0 Å². The topological polar surface area (TPSA) is 83.7 Å². The fraction of sp³-hybridized carbons (Fsp3) is 0.722. The number of piperidine rings is 2. The van der Waals surface area contributed by atoms with E-state index in [1.54, 1.807) is 16.4 Å².